The first-order chi connectivity index (χ1) is 12.5. The number of carboxylic acids is 1. The highest BCUT2D eigenvalue weighted by Crippen LogP contribution is 2.50. The Balaban J connectivity index is 2.12. The van der Waals surface area contributed by atoms with Crippen molar-refractivity contribution >= 4 is 13.6 Å². The molecule has 0 amide bonds. The third kappa shape index (κ3) is 5.80. The maximum Gasteiger partial charge on any atom is 0.331 e. The monoisotopic (exact) mass is 376 g/mol. The number of carbonyl (C=O) groups is 1. The number of hydrogen-bond donors (Lipinski definition) is 1. The van der Waals surface area contributed by atoms with Crippen molar-refractivity contribution in [2.24, 2.45) is 5.92 Å². The molecule has 1 atom stereocenters. The molecule has 0 spiro atoms. The van der Waals surface area contributed by atoms with Crippen LogP contribution in [0.4, 0.5) is 0 Å². The average Bonchev–Trinajstić information content (AvgIpc) is 2.63. The van der Waals surface area contributed by atoms with E-state index >= 15 is 0 Å². The lowest BCUT2D eigenvalue weighted by molar-refractivity contribution is -0.141. The molecule has 0 bridgehead atoms. The van der Waals surface area contributed by atoms with Gasteiger partial charge < -0.3 is 14.2 Å². The van der Waals surface area contributed by atoms with Crippen molar-refractivity contribution in [3.05, 3.63) is 60.2 Å². The summed E-state index contributed by atoms with van der Waals surface area (Å²) in [5, 5.41) is 9.53. The van der Waals surface area contributed by atoms with Crippen LogP contribution in [-0.4, -0.2) is 30.5 Å². The van der Waals surface area contributed by atoms with Crippen LogP contribution in [0.3, 0.4) is 0 Å². The number of carboxylic acid groups (broad SMARTS) is 1. The second-order valence-corrected chi connectivity index (χ2v) is 8.03. The number of rotatable bonds is 10. The van der Waals surface area contributed by atoms with Crippen LogP contribution in [0, 0.1) is 5.92 Å². The van der Waals surface area contributed by atoms with Crippen molar-refractivity contribution in [1.29, 1.82) is 0 Å². The van der Waals surface area contributed by atoms with E-state index < -0.39 is 19.5 Å². The molecule has 0 saturated heterocycles. The van der Waals surface area contributed by atoms with Crippen molar-refractivity contribution < 1.29 is 23.5 Å². The van der Waals surface area contributed by atoms with Crippen molar-refractivity contribution in [3.63, 3.8) is 0 Å². The fourth-order valence-electron chi connectivity index (χ4n) is 2.78. The van der Waals surface area contributed by atoms with Crippen LogP contribution >= 0.6 is 7.60 Å². The first kappa shape index (κ1) is 20.4. The van der Waals surface area contributed by atoms with Gasteiger partial charge in [-0.3, -0.25) is 9.36 Å². The van der Waals surface area contributed by atoms with E-state index in [1.165, 1.54) is 0 Å². The quantitative estimate of drug-likeness (QED) is 0.599. The molecule has 0 aliphatic heterocycles. The molecule has 0 aliphatic rings. The zero-order valence-corrected chi connectivity index (χ0v) is 16.0. The molecule has 0 fully saturated rings. The Labute approximate surface area is 154 Å². The van der Waals surface area contributed by atoms with Gasteiger partial charge in [0, 0.05) is 0 Å². The molecule has 0 radical (unpaired) electrons. The number of benzene rings is 2. The SMILES string of the molecule is CCOP(=O)(C[C@H](Cc1ccc(-c2ccccc2)cc1)C(=O)O)OCC. The van der Waals surface area contributed by atoms with Gasteiger partial charge in [0.25, 0.3) is 0 Å². The highest BCUT2D eigenvalue weighted by atomic mass is 31.2. The summed E-state index contributed by atoms with van der Waals surface area (Å²) in [6, 6.07) is 17.7. The van der Waals surface area contributed by atoms with Gasteiger partial charge in [-0.05, 0) is 37.0 Å². The molecular formula is C20H25O5P. The summed E-state index contributed by atoms with van der Waals surface area (Å²) >= 11 is 0. The molecule has 2 aromatic rings. The van der Waals surface area contributed by atoms with Gasteiger partial charge in [0.05, 0.1) is 25.3 Å². The highest BCUT2D eigenvalue weighted by molar-refractivity contribution is 7.53. The zero-order chi connectivity index (χ0) is 19.0. The number of aliphatic carboxylic acids is 1. The molecule has 26 heavy (non-hydrogen) atoms. The van der Waals surface area contributed by atoms with Crippen molar-refractivity contribution in [3.8, 4) is 11.1 Å². The summed E-state index contributed by atoms with van der Waals surface area (Å²) in [4.78, 5) is 11.6. The maximum atomic E-state index is 12.6. The number of hydrogen-bond acceptors (Lipinski definition) is 4. The predicted octanol–water partition coefficient (Wildman–Crippen LogP) is 4.86. The topological polar surface area (TPSA) is 72.8 Å². The Morgan fingerprint density at radius 3 is 2.00 bits per heavy atom. The van der Waals surface area contributed by atoms with E-state index in [1.807, 2.05) is 54.6 Å². The molecular weight excluding hydrogens is 351 g/mol. The minimum atomic E-state index is -3.40. The molecule has 0 heterocycles. The van der Waals surface area contributed by atoms with E-state index in [4.69, 9.17) is 9.05 Å². The minimum absolute atomic E-state index is 0.134. The Morgan fingerprint density at radius 2 is 1.50 bits per heavy atom. The van der Waals surface area contributed by atoms with E-state index in [-0.39, 0.29) is 25.8 Å². The second kappa shape index (κ2) is 9.67. The first-order valence-corrected chi connectivity index (χ1v) is 10.5. The van der Waals surface area contributed by atoms with E-state index in [0.717, 1.165) is 16.7 Å². The van der Waals surface area contributed by atoms with E-state index in [9.17, 15) is 14.5 Å². The molecule has 0 aliphatic carbocycles. The summed E-state index contributed by atoms with van der Waals surface area (Å²) in [6.45, 7) is 3.86. The molecule has 140 valence electrons. The lowest BCUT2D eigenvalue weighted by Gasteiger charge is -2.21. The second-order valence-electron chi connectivity index (χ2n) is 5.93. The standard InChI is InChI=1S/C20H25O5P/c1-3-24-26(23,25-4-2)15-19(20(21)22)14-16-10-12-18(13-11-16)17-8-6-5-7-9-17/h5-13,19H,3-4,14-15H2,1-2H3,(H,21,22)/t19-/m0/s1. The van der Waals surface area contributed by atoms with Crippen LogP contribution in [0.5, 0.6) is 0 Å². The van der Waals surface area contributed by atoms with Crippen LogP contribution in [0.2, 0.25) is 0 Å². The van der Waals surface area contributed by atoms with Gasteiger partial charge in [-0.1, -0.05) is 54.6 Å². The Bertz CT molecular complexity index is 733. The van der Waals surface area contributed by atoms with Gasteiger partial charge in [0.2, 0.25) is 0 Å². The molecule has 6 heteroatoms. The lowest BCUT2D eigenvalue weighted by Crippen LogP contribution is -2.22. The van der Waals surface area contributed by atoms with Gasteiger partial charge in [0.1, 0.15) is 0 Å². The Hall–Kier alpha value is -1.94. The Kier molecular flexibility index (Phi) is 7.58. The minimum Gasteiger partial charge on any atom is -0.481 e. The third-order valence-corrected chi connectivity index (χ3v) is 6.18. The van der Waals surface area contributed by atoms with Gasteiger partial charge >= 0.3 is 13.6 Å². The summed E-state index contributed by atoms with van der Waals surface area (Å²) in [5.74, 6) is -1.83. The molecule has 0 aromatic heterocycles. The van der Waals surface area contributed by atoms with E-state index in [0.29, 0.717) is 0 Å². The predicted molar refractivity (Wildman–Crippen MR) is 102 cm³/mol. The lowest BCUT2D eigenvalue weighted by atomic mass is 9.98. The average molecular weight is 376 g/mol. The van der Waals surface area contributed by atoms with Crippen LogP contribution in [0.1, 0.15) is 19.4 Å². The summed E-state index contributed by atoms with van der Waals surface area (Å²) < 4.78 is 23.1. The summed E-state index contributed by atoms with van der Waals surface area (Å²) in [7, 11) is -3.40. The molecule has 5 nitrogen and oxygen atoms in total. The summed E-state index contributed by atoms with van der Waals surface area (Å²) in [5.41, 5.74) is 3.04. The molecule has 2 rings (SSSR count). The third-order valence-electron chi connectivity index (χ3n) is 3.99. The van der Waals surface area contributed by atoms with Crippen molar-refractivity contribution in [2.45, 2.75) is 20.3 Å². The smallest absolute Gasteiger partial charge is 0.331 e. The van der Waals surface area contributed by atoms with Gasteiger partial charge in [0.15, 0.2) is 0 Å². The van der Waals surface area contributed by atoms with Gasteiger partial charge in [-0.2, -0.15) is 0 Å². The normalized spacial score (nSPS) is 12.7. The largest absolute Gasteiger partial charge is 0.481 e. The van der Waals surface area contributed by atoms with Crippen molar-refractivity contribution in [1.82, 2.24) is 0 Å². The van der Waals surface area contributed by atoms with E-state index in [2.05, 4.69) is 0 Å². The van der Waals surface area contributed by atoms with Crippen LogP contribution in [0.25, 0.3) is 11.1 Å². The Morgan fingerprint density at radius 1 is 0.962 bits per heavy atom. The highest BCUT2D eigenvalue weighted by Gasteiger charge is 2.32. The van der Waals surface area contributed by atoms with Crippen LogP contribution in [-0.2, 0) is 24.8 Å². The van der Waals surface area contributed by atoms with Gasteiger partial charge in [-0.15, -0.1) is 0 Å². The molecule has 1 N–H and O–H groups in total. The molecule has 0 saturated carbocycles. The zero-order valence-electron chi connectivity index (χ0n) is 15.1. The molecule has 2 aromatic carbocycles. The first-order valence-electron chi connectivity index (χ1n) is 8.72. The molecule has 0 unspecified atom stereocenters. The van der Waals surface area contributed by atoms with Gasteiger partial charge in [-0.25, -0.2) is 0 Å². The summed E-state index contributed by atoms with van der Waals surface area (Å²) in [6.07, 6.45) is 0.138. The van der Waals surface area contributed by atoms with Crippen LogP contribution in [0.15, 0.2) is 54.6 Å². The van der Waals surface area contributed by atoms with Crippen molar-refractivity contribution in [2.75, 3.05) is 19.4 Å². The van der Waals surface area contributed by atoms with E-state index in [1.54, 1.807) is 13.8 Å². The fraction of sp³-hybridized carbons (Fsp3) is 0.350. The fourth-order valence-corrected chi connectivity index (χ4v) is 4.68. The maximum absolute atomic E-state index is 12.6. The van der Waals surface area contributed by atoms with Crippen LogP contribution < -0.4 is 0 Å².